The van der Waals surface area contributed by atoms with Gasteiger partial charge >= 0.3 is 0 Å². The SMILES string of the molecule is [N-]=[N+]=NCCNc1cn[nH]c1C1=NNC(=O)C1Cc1cc(Br)co1. The lowest BCUT2D eigenvalue weighted by atomic mass is 9.95. The zero-order valence-electron chi connectivity index (χ0n) is 12.4. The van der Waals surface area contributed by atoms with E-state index >= 15 is 0 Å². The number of hydrogen-bond donors (Lipinski definition) is 3. The Kier molecular flexibility index (Phi) is 4.82. The number of aromatic amines is 1. The first-order valence-electron chi connectivity index (χ1n) is 7.08. The molecular formula is C13H13BrN8O2. The number of hydrogen-bond acceptors (Lipinski definition) is 6. The van der Waals surface area contributed by atoms with Crippen LogP contribution in [0.15, 0.2) is 37.6 Å². The lowest BCUT2D eigenvalue weighted by molar-refractivity contribution is -0.122. The minimum atomic E-state index is -0.485. The maximum Gasteiger partial charge on any atom is 0.249 e. The van der Waals surface area contributed by atoms with Gasteiger partial charge in [-0.1, -0.05) is 5.11 Å². The van der Waals surface area contributed by atoms with Crippen molar-refractivity contribution in [1.29, 1.82) is 0 Å². The number of nitrogens with zero attached hydrogens (tertiary/aromatic N) is 5. The van der Waals surface area contributed by atoms with Gasteiger partial charge in [-0.05, 0) is 27.5 Å². The van der Waals surface area contributed by atoms with E-state index < -0.39 is 5.92 Å². The zero-order chi connectivity index (χ0) is 16.9. The Morgan fingerprint density at radius 2 is 2.42 bits per heavy atom. The fourth-order valence-electron chi connectivity index (χ4n) is 2.38. The van der Waals surface area contributed by atoms with Crippen LogP contribution >= 0.6 is 15.9 Å². The third-order valence-corrected chi connectivity index (χ3v) is 3.86. The molecule has 2 aromatic heterocycles. The van der Waals surface area contributed by atoms with Gasteiger partial charge in [0.25, 0.3) is 0 Å². The smallest absolute Gasteiger partial charge is 0.249 e. The average Bonchev–Trinajstić information content (AvgIpc) is 3.27. The van der Waals surface area contributed by atoms with Crippen LogP contribution < -0.4 is 10.7 Å². The lowest BCUT2D eigenvalue weighted by Crippen LogP contribution is -2.26. The predicted molar refractivity (Wildman–Crippen MR) is 89.4 cm³/mol. The number of furan rings is 1. The number of rotatable bonds is 7. The molecule has 0 spiro atoms. The molecule has 0 aliphatic carbocycles. The molecule has 0 saturated heterocycles. The van der Waals surface area contributed by atoms with Crippen molar-refractivity contribution >= 4 is 33.2 Å². The number of carbonyl (C=O) groups excluding carboxylic acids is 1. The Balaban J connectivity index is 1.76. The Bertz CT molecular complexity index is 820. The summed E-state index contributed by atoms with van der Waals surface area (Å²) in [6, 6.07) is 1.81. The number of anilines is 1. The normalized spacial score (nSPS) is 16.5. The second kappa shape index (κ2) is 7.20. The minimum absolute atomic E-state index is 0.202. The number of H-pyrrole nitrogens is 1. The molecule has 3 rings (SSSR count). The summed E-state index contributed by atoms with van der Waals surface area (Å²) in [6.07, 6.45) is 3.54. The average molecular weight is 393 g/mol. The van der Waals surface area contributed by atoms with Gasteiger partial charge in [-0.15, -0.1) is 0 Å². The van der Waals surface area contributed by atoms with E-state index in [1.807, 2.05) is 6.07 Å². The third-order valence-electron chi connectivity index (χ3n) is 3.45. The summed E-state index contributed by atoms with van der Waals surface area (Å²) < 4.78 is 6.21. The Morgan fingerprint density at radius 3 is 3.17 bits per heavy atom. The van der Waals surface area contributed by atoms with Gasteiger partial charge in [0.15, 0.2) is 0 Å². The van der Waals surface area contributed by atoms with Crippen LogP contribution in [-0.2, 0) is 11.2 Å². The molecule has 1 unspecified atom stereocenters. The molecule has 24 heavy (non-hydrogen) atoms. The van der Waals surface area contributed by atoms with Gasteiger partial charge in [0, 0.05) is 24.4 Å². The van der Waals surface area contributed by atoms with Crippen molar-refractivity contribution < 1.29 is 9.21 Å². The highest BCUT2D eigenvalue weighted by molar-refractivity contribution is 9.10. The first kappa shape index (κ1) is 16.1. The summed E-state index contributed by atoms with van der Waals surface area (Å²) in [5.74, 6) is -0.0117. The van der Waals surface area contributed by atoms with Gasteiger partial charge in [-0.2, -0.15) is 10.2 Å². The fraction of sp³-hybridized carbons (Fsp3) is 0.308. The first-order valence-corrected chi connectivity index (χ1v) is 7.87. The molecule has 1 amide bonds. The van der Waals surface area contributed by atoms with Gasteiger partial charge in [-0.3, -0.25) is 9.89 Å². The second-order valence-electron chi connectivity index (χ2n) is 5.00. The summed E-state index contributed by atoms with van der Waals surface area (Å²) in [5.41, 5.74) is 12.6. The van der Waals surface area contributed by atoms with Crippen molar-refractivity contribution in [3.8, 4) is 0 Å². The Hall–Kier alpha value is -2.78. The van der Waals surface area contributed by atoms with Crippen molar-refractivity contribution in [1.82, 2.24) is 15.6 Å². The van der Waals surface area contributed by atoms with Gasteiger partial charge in [0.2, 0.25) is 5.91 Å². The number of halogens is 1. The van der Waals surface area contributed by atoms with E-state index in [4.69, 9.17) is 9.95 Å². The molecule has 3 heterocycles. The third kappa shape index (κ3) is 3.42. The summed E-state index contributed by atoms with van der Waals surface area (Å²) >= 11 is 3.32. The van der Waals surface area contributed by atoms with Crippen LogP contribution in [0.4, 0.5) is 5.69 Å². The molecule has 0 fully saturated rings. The summed E-state index contributed by atoms with van der Waals surface area (Å²) in [4.78, 5) is 14.8. The molecule has 10 nitrogen and oxygen atoms in total. The standard InChI is InChI=1S/C13H13BrN8O2/c14-7-3-8(24-6-7)4-9-11(20-21-13(9)23)12-10(5-18-19-12)16-1-2-17-22-15/h3,5-6,9,16H,1-2,4H2,(H,18,19)(H,21,23). The molecule has 1 atom stereocenters. The highest BCUT2D eigenvalue weighted by atomic mass is 79.9. The van der Waals surface area contributed by atoms with Crippen LogP contribution in [-0.4, -0.2) is 34.9 Å². The van der Waals surface area contributed by atoms with Crippen LogP contribution in [0.5, 0.6) is 0 Å². The van der Waals surface area contributed by atoms with Crippen molar-refractivity contribution in [2.24, 2.45) is 16.1 Å². The molecule has 2 aromatic rings. The van der Waals surface area contributed by atoms with Crippen molar-refractivity contribution in [2.45, 2.75) is 6.42 Å². The van der Waals surface area contributed by atoms with Crippen LogP contribution in [0.3, 0.4) is 0 Å². The number of aromatic nitrogens is 2. The number of amides is 1. The monoisotopic (exact) mass is 392 g/mol. The number of azide groups is 1. The second-order valence-corrected chi connectivity index (χ2v) is 5.92. The number of carbonyl (C=O) groups is 1. The highest BCUT2D eigenvalue weighted by Crippen LogP contribution is 2.25. The topological polar surface area (TPSA) is 144 Å². The molecule has 1 aliphatic rings. The predicted octanol–water partition coefficient (Wildman–Crippen LogP) is 2.18. The largest absolute Gasteiger partial charge is 0.468 e. The maximum atomic E-state index is 12.1. The summed E-state index contributed by atoms with van der Waals surface area (Å²) in [7, 11) is 0. The van der Waals surface area contributed by atoms with Crippen molar-refractivity contribution in [3.05, 3.63) is 44.9 Å². The van der Waals surface area contributed by atoms with E-state index in [0.717, 1.165) is 4.47 Å². The van der Waals surface area contributed by atoms with E-state index in [-0.39, 0.29) is 5.91 Å². The fourth-order valence-corrected chi connectivity index (χ4v) is 2.73. The quantitative estimate of drug-likeness (QED) is 0.287. The van der Waals surface area contributed by atoms with E-state index in [1.54, 1.807) is 12.5 Å². The van der Waals surface area contributed by atoms with Crippen molar-refractivity contribution in [3.63, 3.8) is 0 Å². The van der Waals surface area contributed by atoms with E-state index in [2.05, 4.69) is 52.0 Å². The van der Waals surface area contributed by atoms with Crippen LogP contribution in [0.1, 0.15) is 11.5 Å². The molecule has 124 valence electrons. The zero-order valence-corrected chi connectivity index (χ0v) is 13.9. The molecular weight excluding hydrogens is 380 g/mol. The first-order chi connectivity index (χ1) is 11.7. The molecule has 0 aromatic carbocycles. The van der Waals surface area contributed by atoms with Crippen LogP contribution in [0, 0.1) is 5.92 Å². The molecule has 1 aliphatic heterocycles. The highest BCUT2D eigenvalue weighted by Gasteiger charge is 2.34. The number of nitrogens with one attached hydrogen (secondary N) is 3. The van der Waals surface area contributed by atoms with Gasteiger partial charge in [0.05, 0.1) is 22.3 Å². The van der Waals surface area contributed by atoms with Crippen LogP contribution in [0.2, 0.25) is 0 Å². The molecule has 0 bridgehead atoms. The molecule has 3 N–H and O–H groups in total. The van der Waals surface area contributed by atoms with E-state index in [0.29, 0.717) is 42.4 Å². The number of hydrazone groups is 1. The summed E-state index contributed by atoms with van der Waals surface area (Å²) in [5, 5.41) is 17.5. The Labute approximate surface area is 144 Å². The van der Waals surface area contributed by atoms with E-state index in [9.17, 15) is 4.79 Å². The van der Waals surface area contributed by atoms with Gasteiger partial charge in [-0.25, -0.2) is 5.43 Å². The lowest BCUT2D eigenvalue weighted by Gasteiger charge is -2.10. The van der Waals surface area contributed by atoms with Gasteiger partial charge < -0.3 is 9.73 Å². The van der Waals surface area contributed by atoms with E-state index in [1.165, 1.54) is 0 Å². The molecule has 0 saturated carbocycles. The maximum absolute atomic E-state index is 12.1. The molecule has 11 heteroatoms. The molecule has 0 radical (unpaired) electrons. The minimum Gasteiger partial charge on any atom is -0.468 e. The summed E-state index contributed by atoms with van der Waals surface area (Å²) in [6.45, 7) is 0.746. The Morgan fingerprint density at radius 1 is 1.54 bits per heavy atom. The van der Waals surface area contributed by atoms with Crippen LogP contribution in [0.25, 0.3) is 10.4 Å². The van der Waals surface area contributed by atoms with Crippen molar-refractivity contribution in [2.75, 3.05) is 18.4 Å². The van der Waals surface area contributed by atoms with Gasteiger partial charge in [0.1, 0.15) is 23.4 Å².